The van der Waals surface area contributed by atoms with Crippen LogP contribution in [0.15, 0.2) is 54.6 Å². The summed E-state index contributed by atoms with van der Waals surface area (Å²) in [6.07, 6.45) is 3.22. The van der Waals surface area contributed by atoms with Gasteiger partial charge in [0.25, 0.3) is 0 Å². The maximum Gasteiger partial charge on any atom is 0.337 e. The van der Waals surface area contributed by atoms with Gasteiger partial charge in [0.1, 0.15) is 0 Å². The lowest BCUT2D eigenvalue weighted by Crippen LogP contribution is -2.25. The number of carbonyl (C=O) groups excluding carboxylic acids is 2. The maximum absolute atomic E-state index is 12.2. The van der Waals surface area contributed by atoms with E-state index < -0.39 is 0 Å². The van der Waals surface area contributed by atoms with Crippen molar-refractivity contribution < 1.29 is 14.3 Å². The van der Waals surface area contributed by atoms with Crippen LogP contribution in [-0.2, 0) is 22.6 Å². The monoisotopic (exact) mass is 380 g/mol. The van der Waals surface area contributed by atoms with Crippen molar-refractivity contribution in [2.24, 2.45) is 0 Å². The van der Waals surface area contributed by atoms with E-state index in [0.29, 0.717) is 12.1 Å². The fourth-order valence-corrected chi connectivity index (χ4v) is 2.83. The Bertz CT molecular complexity index is 809. The number of nitrogens with one attached hydrogen (secondary N) is 1. The van der Waals surface area contributed by atoms with Crippen LogP contribution in [0.2, 0.25) is 0 Å². The van der Waals surface area contributed by atoms with Crippen molar-refractivity contribution in [1.82, 2.24) is 10.2 Å². The van der Waals surface area contributed by atoms with E-state index in [-0.39, 0.29) is 11.9 Å². The van der Waals surface area contributed by atoms with Crippen LogP contribution in [0.3, 0.4) is 0 Å². The molecular weight excluding hydrogens is 352 g/mol. The van der Waals surface area contributed by atoms with Crippen molar-refractivity contribution in [2.45, 2.75) is 26.9 Å². The third-order valence-electron chi connectivity index (χ3n) is 4.62. The molecule has 0 aliphatic heterocycles. The van der Waals surface area contributed by atoms with E-state index in [1.807, 2.05) is 18.2 Å². The average Bonchev–Trinajstić information content (AvgIpc) is 2.75. The molecule has 0 fully saturated rings. The number of methoxy groups -OCH3 is 1. The normalized spacial score (nSPS) is 11.0. The Morgan fingerprint density at radius 3 is 2.25 bits per heavy atom. The highest BCUT2D eigenvalue weighted by atomic mass is 16.5. The van der Waals surface area contributed by atoms with Crippen LogP contribution in [0.25, 0.3) is 6.08 Å². The zero-order chi connectivity index (χ0) is 20.4. The predicted octanol–water partition coefficient (Wildman–Crippen LogP) is 3.64. The van der Waals surface area contributed by atoms with Gasteiger partial charge in [-0.3, -0.25) is 9.69 Å². The molecule has 2 rings (SSSR count). The van der Waals surface area contributed by atoms with E-state index in [9.17, 15) is 9.59 Å². The Balaban J connectivity index is 1.94. The van der Waals surface area contributed by atoms with Crippen LogP contribution in [0.4, 0.5) is 0 Å². The number of rotatable bonds is 9. The summed E-state index contributed by atoms with van der Waals surface area (Å²) in [5, 5.41) is 2.94. The van der Waals surface area contributed by atoms with Crippen LogP contribution in [-0.4, -0.2) is 37.0 Å². The van der Waals surface area contributed by atoms with E-state index >= 15 is 0 Å². The van der Waals surface area contributed by atoms with Gasteiger partial charge in [0.2, 0.25) is 5.91 Å². The van der Waals surface area contributed by atoms with Crippen LogP contribution in [0.1, 0.15) is 40.9 Å². The van der Waals surface area contributed by atoms with Crippen molar-refractivity contribution in [2.75, 3.05) is 20.2 Å². The fourth-order valence-electron chi connectivity index (χ4n) is 2.83. The molecule has 0 aromatic heterocycles. The molecule has 0 radical (unpaired) electrons. The molecule has 28 heavy (non-hydrogen) atoms. The molecule has 0 spiro atoms. The van der Waals surface area contributed by atoms with Crippen LogP contribution in [0, 0.1) is 0 Å². The van der Waals surface area contributed by atoms with Crippen LogP contribution < -0.4 is 5.32 Å². The highest BCUT2D eigenvalue weighted by Crippen LogP contribution is 2.12. The molecule has 0 unspecified atom stereocenters. The fraction of sp³-hybridized carbons (Fsp3) is 0.304. The third-order valence-corrected chi connectivity index (χ3v) is 4.62. The number of hydrogen-bond donors (Lipinski definition) is 1. The maximum atomic E-state index is 12.2. The average molecular weight is 380 g/mol. The molecule has 0 aliphatic rings. The summed E-state index contributed by atoms with van der Waals surface area (Å²) in [5.74, 6) is -0.536. The molecule has 0 atom stereocenters. The highest BCUT2D eigenvalue weighted by molar-refractivity contribution is 5.92. The van der Waals surface area contributed by atoms with Crippen molar-refractivity contribution in [3.63, 3.8) is 0 Å². The molecule has 0 bridgehead atoms. The van der Waals surface area contributed by atoms with Gasteiger partial charge in [0, 0.05) is 19.2 Å². The lowest BCUT2D eigenvalue weighted by Gasteiger charge is -2.20. The van der Waals surface area contributed by atoms with Crippen molar-refractivity contribution in [3.8, 4) is 0 Å². The zero-order valence-electron chi connectivity index (χ0n) is 16.8. The van der Waals surface area contributed by atoms with Crippen molar-refractivity contribution >= 4 is 18.0 Å². The Labute approximate surface area is 167 Å². The molecule has 0 saturated heterocycles. The first kappa shape index (κ1) is 21.4. The second-order valence-electron chi connectivity index (χ2n) is 6.39. The van der Waals surface area contributed by atoms with Gasteiger partial charge in [-0.1, -0.05) is 50.2 Å². The van der Waals surface area contributed by atoms with E-state index in [0.717, 1.165) is 30.8 Å². The standard InChI is InChI=1S/C23H28N2O3/c1-4-25(5-2)17-21-9-7-6-8-20(21)16-24-22(26)15-12-18-10-13-19(14-11-18)23(27)28-3/h6-15H,4-5,16-17H2,1-3H3,(H,24,26)/b15-12+. The molecule has 5 heteroatoms. The first-order chi connectivity index (χ1) is 13.6. The number of carbonyl (C=O) groups is 2. The Morgan fingerprint density at radius 2 is 1.64 bits per heavy atom. The summed E-state index contributed by atoms with van der Waals surface area (Å²) in [5.41, 5.74) is 3.67. The minimum absolute atomic E-state index is 0.158. The number of esters is 1. The van der Waals surface area contributed by atoms with E-state index in [1.54, 1.807) is 30.3 Å². The van der Waals surface area contributed by atoms with Gasteiger partial charge >= 0.3 is 5.97 Å². The molecule has 0 aliphatic carbocycles. The van der Waals surface area contributed by atoms with Gasteiger partial charge < -0.3 is 10.1 Å². The Morgan fingerprint density at radius 1 is 1.00 bits per heavy atom. The van der Waals surface area contributed by atoms with Gasteiger partial charge in [-0.15, -0.1) is 0 Å². The topological polar surface area (TPSA) is 58.6 Å². The van der Waals surface area contributed by atoms with Gasteiger partial charge in [0.15, 0.2) is 0 Å². The summed E-state index contributed by atoms with van der Waals surface area (Å²) < 4.78 is 4.67. The Hall–Kier alpha value is -2.92. The summed E-state index contributed by atoms with van der Waals surface area (Å²) >= 11 is 0. The van der Waals surface area contributed by atoms with Crippen LogP contribution >= 0.6 is 0 Å². The second kappa shape index (κ2) is 11.0. The Kier molecular flexibility index (Phi) is 8.43. The zero-order valence-corrected chi connectivity index (χ0v) is 16.8. The van der Waals surface area contributed by atoms with Crippen molar-refractivity contribution in [3.05, 3.63) is 76.9 Å². The molecule has 2 aromatic carbocycles. The summed E-state index contributed by atoms with van der Waals surface area (Å²) in [6, 6.07) is 15.1. The summed E-state index contributed by atoms with van der Waals surface area (Å²) in [6.45, 7) is 7.65. The second-order valence-corrected chi connectivity index (χ2v) is 6.39. The minimum atomic E-state index is -0.378. The molecule has 5 nitrogen and oxygen atoms in total. The minimum Gasteiger partial charge on any atom is -0.465 e. The SMILES string of the molecule is CCN(CC)Cc1ccccc1CNC(=O)/C=C/c1ccc(C(=O)OC)cc1. The van der Waals surface area contributed by atoms with Crippen molar-refractivity contribution in [1.29, 1.82) is 0 Å². The highest BCUT2D eigenvalue weighted by Gasteiger charge is 2.07. The first-order valence-corrected chi connectivity index (χ1v) is 9.50. The molecule has 0 saturated carbocycles. The van der Waals surface area contributed by atoms with E-state index in [2.05, 4.69) is 34.9 Å². The largest absolute Gasteiger partial charge is 0.465 e. The van der Waals surface area contributed by atoms with Gasteiger partial charge in [-0.05, 0) is 48.0 Å². The number of ether oxygens (including phenoxy) is 1. The van der Waals surface area contributed by atoms with Gasteiger partial charge in [-0.2, -0.15) is 0 Å². The molecule has 1 amide bonds. The van der Waals surface area contributed by atoms with Gasteiger partial charge in [0.05, 0.1) is 12.7 Å². The number of amides is 1. The predicted molar refractivity (Wildman–Crippen MR) is 112 cm³/mol. The quantitative estimate of drug-likeness (QED) is 0.533. The molecule has 148 valence electrons. The molecule has 0 heterocycles. The molecular formula is C23H28N2O3. The smallest absolute Gasteiger partial charge is 0.337 e. The number of nitrogens with zero attached hydrogens (tertiary/aromatic N) is 1. The molecule has 1 N–H and O–H groups in total. The lowest BCUT2D eigenvalue weighted by atomic mass is 10.1. The summed E-state index contributed by atoms with van der Waals surface area (Å²) in [4.78, 5) is 26.0. The molecule has 2 aromatic rings. The first-order valence-electron chi connectivity index (χ1n) is 9.50. The van der Waals surface area contributed by atoms with Crippen LogP contribution in [0.5, 0.6) is 0 Å². The lowest BCUT2D eigenvalue weighted by molar-refractivity contribution is -0.116. The number of hydrogen-bond acceptors (Lipinski definition) is 4. The third kappa shape index (κ3) is 6.35. The van der Waals surface area contributed by atoms with Gasteiger partial charge in [-0.25, -0.2) is 4.79 Å². The summed E-state index contributed by atoms with van der Waals surface area (Å²) in [7, 11) is 1.35. The number of benzene rings is 2. The van der Waals surface area contributed by atoms with E-state index in [4.69, 9.17) is 0 Å². The van der Waals surface area contributed by atoms with E-state index in [1.165, 1.54) is 18.7 Å².